The molecule has 0 saturated heterocycles. The number of hydrogen-bond acceptors (Lipinski definition) is 2. The largest absolute Gasteiger partial charge is 0.374 e. The topological polar surface area (TPSA) is 38.3 Å². The van der Waals surface area contributed by atoms with Gasteiger partial charge in [-0.1, -0.05) is 34.1 Å². The molecule has 0 rings (SSSR count). The van der Waals surface area contributed by atoms with E-state index in [1.165, 1.54) is 0 Å². The SMILES string of the molecule is CCCCC(=O)NCC(C)(C)OCCC(C)(C)C. The first-order chi connectivity index (χ1) is 8.16. The van der Waals surface area contributed by atoms with Gasteiger partial charge in [0.2, 0.25) is 5.91 Å². The predicted octanol–water partition coefficient (Wildman–Crippen LogP) is 3.52. The van der Waals surface area contributed by atoms with Gasteiger partial charge in [-0.3, -0.25) is 4.79 Å². The molecule has 0 heterocycles. The third-order valence-corrected chi connectivity index (χ3v) is 2.81. The maximum atomic E-state index is 11.5. The van der Waals surface area contributed by atoms with Crippen molar-refractivity contribution in [1.29, 1.82) is 0 Å². The Balaban J connectivity index is 3.82. The summed E-state index contributed by atoms with van der Waals surface area (Å²) in [6.45, 7) is 14.1. The fourth-order valence-corrected chi connectivity index (χ4v) is 1.42. The van der Waals surface area contributed by atoms with Crippen molar-refractivity contribution < 1.29 is 9.53 Å². The van der Waals surface area contributed by atoms with E-state index in [9.17, 15) is 4.79 Å². The van der Waals surface area contributed by atoms with Crippen LogP contribution in [0.3, 0.4) is 0 Å². The van der Waals surface area contributed by atoms with Crippen molar-refractivity contribution >= 4 is 5.91 Å². The Labute approximate surface area is 113 Å². The smallest absolute Gasteiger partial charge is 0.220 e. The van der Waals surface area contributed by atoms with Gasteiger partial charge < -0.3 is 10.1 Å². The summed E-state index contributed by atoms with van der Waals surface area (Å²) in [7, 11) is 0. The minimum Gasteiger partial charge on any atom is -0.374 e. The van der Waals surface area contributed by atoms with Gasteiger partial charge in [0.1, 0.15) is 0 Å². The van der Waals surface area contributed by atoms with E-state index in [0.717, 1.165) is 25.9 Å². The molecule has 1 N–H and O–H groups in total. The average Bonchev–Trinajstić information content (AvgIpc) is 2.21. The van der Waals surface area contributed by atoms with E-state index in [4.69, 9.17) is 4.74 Å². The lowest BCUT2D eigenvalue weighted by Crippen LogP contribution is -2.40. The van der Waals surface area contributed by atoms with Gasteiger partial charge >= 0.3 is 0 Å². The minimum atomic E-state index is -0.285. The fourth-order valence-electron chi connectivity index (χ4n) is 1.42. The maximum absolute atomic E-state index is 11.5. The van der Waals surface area contributed by atoms with Gasteiger partial charge in [-0.2, -0.15) is 0 Å². The molecule has 0 aliphatic heterocycles. The highest BCUT2D eigenvalue weighted by Gasteiger charge is 2.20. The summed E-state index contributed by atoms with van der Waals surface area (Å²) in [6, 6.07) is 0. The molecule has 0 unspecified atom stereocenters. The molecule has 0 saturated carbocycles. The van der Waals surface area contributed by atoms with Crippen molar-refractivity contribution in [1.82, 2.24) is 5.32 Å². The third-order valence-electron chi connectivity index (χ3n) is 2.81. The normalized spacial score (nSPS) is 12.6. The van der Waals surface area contributed by atoms with Crippen molar-refractivity contribution in [2.75, 3.05) is 13.2 Å². The zero-order valence-corrected chi connectivity index (χ0v) is 13.1. The Morgan fingerprint density at radius 2 is 1.78 bits per heavy atom. The van der Waals surface area contributed by atoms with Crippen LogP contribution in [0.25, 0.3) is 0 Å². The molecule has 0 atom stereocenters. The van der Waals surface area contributed by atoms with Crippen LogP contribution >= 0.6 is 0 Å². The minimum absolute atomic E-state index is 0.129. The highest BCUT2D eigenvalue weighted by atomic mass is 16.5. The van der Waals surface area contributed by atoms with Crippen LogP contribution < -0.4 is 5.32 Å². The number of carbonyl (C=O) groups is 1. The van der Waals surface area contributed by atoms with Gasteiger partial charge in [-0.15, -0.1) is 0 Å². The summed E-state index contributed by atoms with van der Waals surface area (Å²) < 4.78 is 5.85. The van der Waals surface area contributed by atoms with Crippen molar-refractivity contribution in [2.45, 2.75) is 72.8 Å². The van der Waals surface area contributed by atoms with Gasteiger partial charge in [0.05, 0.1) is 5.60 Å². The molecule has 3 heteroatoms. The highest BCUT2D eigenvalue weighted by Crippen LogP contribution is 2.20. The first-order valence-electron chi connectivity index (χ1n) is 7.07. The number of amides is 1. The zero-order valence-electron chi connectivity index (χ0n) is 13.1. The Kier molecular flexibility index (Phi) is 7.53. The zero-order chi connectivity index (χ0) is 14.2. The van der Waals surface area contributed by atoms with Gasteiger partial charge in [0.25, 0.3) is 0 Å². The molecule has 0 spiro atoms. The molecule has 0 aromatic carbocycles. The number of nitrogens with one attached hydrogen (secondary N) is 1. The van der Waals surface area contributed by atoms with E-state index < -0.39 is 0 Å². The number of carbonyl (C=O) groups excluding carboxylic acids is 1. The van der Waals surface area contributed by atoms with E-state index in [1.807, 2.05) is 13.8 Å². The quantitative estimate of drug-likeness (QED) is 0.722. The fraction of sp³-hybridized carbons (Fsp3) is 0.933. The second-order valence-corrected chi connectivity index (χ2v) is 6.80. The molecule has 0 bridgehead atoms. The Hall–Kier alpha value is -0.570. The molecule has 0 aliphatic carbocycles. The van der Waals surface area contributed by atoms with Crippen LogP contribution in [0.15, 0.2) is 0 Å². The molecule has 18 heavy (non-hydrogen) atoms. The van der Waals surface area contributed by atoms with Crippen LogP contribution in [0.4, 0.5) is 0 Å². The van der Waals surface area contributed by atoms with Crippen LogP contribution in [0.1, 0.15) is 67.2 Å². The van der Waals surface area contributed by atoms with Crippen molar-refractivity contribution in [3.05, 3.63) is 0 Å². The Morgan fingerprint density at radius 3 is 2.28 bits per heavy atom. The van der Waals surface area contributed by atoms with Crippen LogP contribution in [0.5, 0.6) is 0 Å². The van der Waals surface area contributed by atoms with Crippen LogP contribution in [-0.4, -0.2) is 24.7 Å². The van der Waals surface area contributed by atoms with Crippen LogP contribution in [-0.2, 0) is 9.53 Å². The van der Waals surface area contributed by atoms with E-state index in [0.29, 0.717) is 18.4 Å². The summed E-state index contributed by atoms with van der Waals surface area (Å²) >= 11 is 0. The average molecular weight is 257 g/mol. The summed E-state index contributed by atoms with van der Waals surface area (Å²) in [5.74, 6) is 0.129. The molecule has 0 aromatic rings. The molecule has 3 nitrogen and oxygen atoms in total. The molecule has 0 aromatic heterocycles. The molecular weight excluding hydrogens is 226 g/mol. The van der Waals surface area contributed by atoms with Crippen molar-refractivity contribution in [3.63, 3.8) is 0 Å². The highest BCUT2D eigenvalue weighted by molar-refractivity contribution is 5.75. The monoisotopic (exact) mass is 257 g/mol. The lowest BCUT2D eigenvalue weighted by Gasteiger charge is -2.28. The molecular formula is C15H31NO2. The van der Waals surface area contributed by atoms with Crippen LogP contribution in [0.2, 0.25) is 0 Å². The van der Waals surface area contributed by atoms with Gasteiger partial charge in [0, 0.05) is 19.6 Å². The summed E-state index contributed by atoms with van der Waals surface area (Å²) in [5, 5.41) is 2.94. The molecule has 108 valence electrons. The summed E-state index contributed by atoms with van der Waals surface area (Å²) in [4.78, 5) is 11.5. The lowest BCUT2D eigenvalue weighted by molar-refractivity contribution is -0.123. The van der Waals surface area contributed by atoms with Gasteiger partial charge in [-0.05, 0) is 32.1 Å². The summed E-state index contributed by atoms with van der Waals surface area (Å²) in [5.41, 5.74) is 0.00752. The number of unbranched alkanes of at least 4 members (excludes halogenated alkanes) is 1. The van der Waals surface area contributed by atoms with Gasteiger partial charge in [0.15, 0.2) is 0 Å². The van der Waals surface area contributed by atoms with Gasteiger partial charge in [-0.25, -0.2) is 0 Å². The molecule has 1 amide bonds. The first-order valence-corrected chi connectivity index (χ1v) is 7.07. The second kappa shape index (κ2) is 7.78. The summed E-state index contributed by atoms with van der Waals surface area (Å²) in [6.07, 6.45) is 3.66. The van der Waals surface area contributed by atoms with Crippen molar-refractivity contribution in [3.8, 4) is 0 Å². The predicted molar refractivity (Wildman–Crippen MR) is 76.6 cm³/mol. The van der Waals surface area contributed by atoms with E-state index in [-0.39, 0.29) is 11.5 Å². The Morgan fingerprint density at radius 1 is 1.17 bits per heavy atom. The maximum Gasteiger partial charge on any atom is 0.220 e. The number of rotatable bonds is 8. The van der Waals surface area contributed by atoms with Crippen LogP contribution in [0, 0.1) is 5.41 Å². The lowest BCUT2D eigenvalue weighted by atomic mass is 9.93. The van der Waals surface area contributed by atoms with E-state index in [1.54, 1.807) is 0 Å². The first kappa shape index (κ1) is 17.4. The van der Waals surface area contributed by atoms with E-state index in [2.05, 4.69) is 33.0 Å². The Bertz CT molecular complexity index is 241. The second-order valence-electron chi connectivity index (χ2n) is 6.80. The molecule has 0 aliphatic rings. The standard InChI is InChI=1S/C15H31NO2/c1-7-8-9-13(17)16-12-15(5,6)18-11-10-14(2,3)4/h7-12H2,1-6H3,(H,16,17). The number of ether oxygens (including phenoxy) is 1. The molecule has 0 fully saturated rings. The molecule has 0 radical (unpaired) electrons. The van der Waals surface area contributed by atoms with E-state index >= 15 is 0 Å². The third kappa shape index (κ3) is 10.6. The van der Waals surface area contributed by atoms with Crippen molar-refractivity contribution in [2.24, 2.45) is 5.41 Å². The number of hydrogen-bond donors (Lipinski definition) is 1.